The molecule has 3 amide bonds. The number of amides is 3. The van der Waals surface area contributed by atoms with Crippen LogP contribution in [-0.2, 0) is 15.1 Å². The van der Waals surface area contributed by atoms with Crippen LogP contribution in [0.25, 0.3) is 0 Å². The summed E-state index contributed by atoms with van der Waals surface area (Å²) >= 11 is 0. The summed E-state index contributed by atoms with van der Waals surface area (Å²) < 4.78 is 0. The number of primary amides is 1. The summed E-state index contributed by atoms with van der Waals surface area (Å²) in [6.45, 7) is 6.21. The summed E-state index contributed by atoms with van der Waals surface area (Å²) in [4.78, 5) is 42.7. The number of nitrogens with one attached hydrogen (secondary N) is 1. The molecule has 2 atom stereocenters. The van der Waals surface area contributed by atoms with Crippen LogP contribution in [0.1, 0.15) is 48.2 Å². The fourth-order valence-corrected chi connectivity index (χ4v) is 3.81. The number of piperidine rings is 1. The molecule has 8 heteroatoms. The number of nitrogens with two attached hydrogens (primary N) is 1. The van der Waals surface area contributed by atoms with Crippen molar-refractivity contribution < 1.29 is 19.5 Å². The molecule has 0 bridgehead atoms. The number of pyridine rings is 1. The summed E-state index contributed by atoms with van der Waals surface area (Å²) in [6.07, 6.45) is 4.23. The summed E-state index contributed by atoms with van der Waals surface area (Å²) in [7, 11) is 0. The van der Waals surface area contributed by atoms with Gasteiger partial charge in [-0.05, 0) is 55.9 Å². The first-order chi connectivity index (χ1) is 14.1. The number of hydrogen-bond acceptors (Lipinski definition) is 5. The molecule has 1 aromatic carbocycles. The van der Waals surface area contributed by atoms with E-state index in [4.69, 9.17) is 5.73 Å². The molecule has 0 spiro atoms. The van der Waals surface area contributed by atoms with E-state index in [0.717, 1.165) is 12.0 Å². The second-order valence-electron chi connectivity index (χ2n) is 8.12. The number of aromatic nitrogens is 1. The third-order valence-electron chi connectivity index (χ3n) is 5.75. The molecule has 1 aliphatic rings. The van der Waals surface area contributed by atoms with Gasteiger partial charge in [-0.15, -0.1) is 0 Å². The van der Waals surface area contributed by atoms with Crippen molar-refractivity contribution in [1.82, 2.24) is 9.88 Å². The van der Waals surface area contributed by atoms with Gasteiger partial charge in [0.1, 0.15) is 5.75 Å². The van der Waals surface area contributed by atoms with Gasteiger partial charge < -0.3 is 21.1 Å². The van der Waals surface area contributed by atoms with Crippen molar-refractivity contribution in [1.29, 1.82) is 0 Å². The summed E-state index contributed by atoms with van der Waals surface area (Å²) in [5, 5.41) is 12.4. The van der Waals surface area contributed by atoms with Crippen molar-refractivity contribution in [2.75, 3.05) is 11.9 Å². The van der Waals surface area contributed by atoms with Gasteiger partial charge in [0.15, 0.2) is 0 Å². The Labute approximate surface area is 175 Å². The number of likely N-dealkylation sites (tertiary alicyclic amines) is 1. The lowest BCUT2D eigenvalue weighted by atomic mass is 9.78. The Hall–Kier alpha value is -3.42. The van der Waals surface area contributed by atoms with Gasteiger partial charge >= 0.3 is 11.8 Å². The highest BCUT2D eigenvalue weighted by Crippen LogP contribution is 2.40. The van der Waals surface area contributed by atoms with E-state index in [9.17, 15) is 19.5 Å². The van der Waals surface area contributed by atoms with E-state index in [2.05, 4.69) is 10.3 Å². The number of carbonyl (C=O) groups is 3. The van der Waals surface area contributed by atoms with E-state index in [-0.39, 0.29) is 22.9 Å². The van der Waals surface area contributed by atoms with Gasteiger partial charge in [0.2, 0.25) is 5.91 Å². The molecular formula is C22H26N4O4. The van der Waals surface area contributed by atoms with E-state index in [1.165, 1.54) is 18.5 Å². The number of aromatic hydroxyl groups is 1. The van der Waals surface area contributed by atoms with Crippen molar-refractivity contribution in [2.24, 2.45) is 11.7 Å². The van der Waals surface area contributed by atoms with E-state index in [1.54, 1.807) is 24.0 Å². The lowest BCUT2D eigenvalue weighted by Gasteiger charge is -2.47. The lowest BCUT2D eigenvalue weighted by molar-refractivity contribution is -0.150. The molecule has 8 nitrogen and oxygen atoms in total. The zero-order valence-corrected chi connectivity index (χ0v) is 17.3. The highest BCUT2D eigenvalue weighted by atomic mass is 16.3. The molecule has 1 saturated heterocycles. The quantitative estimate of drug-likeness (QED) is 0.670. The number of phenolic OH excluding ortho intramolecular Hbond substituents is 1. The number of carbonyl (C=O) groups excluding carboxylic acids is 3. The van der Waals surface area contributed by atoms with Gasteiger partial charge in [0.05, 0.1) is 23.0 Å². The van der Waals surface area contributed by atoms with Gasteiger partial charge in [0.25, 0.3) is 0 Å². The SMILES string of the molecule is Cc1cc([C@]2(C)CC[C@H](C)CN2C(=O)C(=O)Nc2cncc(C(N)=O)c2)ccc1O. The molecule has 0 unspecified atom stereocenters. The van der Waals surface area contributed by atoms with Crippen LogP contribution in [0.15, 0.2) is 36.7 Å². The molecule has 1 aromatic heterocycles. The van der Waals surface area contributed by atoms with Gasteiger partial charge in [-0.25, -0.2) is 0 Å². The monoisotopic (exact) mass is 410 g/mol. The van der Waals surface area contributed by atoms with Crippen LogP contribution in [-0.4, -0.2) is 39.3 Å². The first kappa shape index (κ1) is 21.3. The Bertz CT molecular complexity index is 1010. The molecule has 30 heavy (non-hydrogen) atoms. The molecule has 2 aromatic rings. The van der Waals surface area contributed by atoms with Crippen molar-refractivity contribution in [3.63, 3.8) is 0 Å². The molecule has 0 saturated carbocycles. The minimum Gasteiger partial charge on any atom is -0.508 e. The predicted octanol–water partition coefficient (Wildman–Crippen LogP) is 2.31. The van der Waals surface area contributed by atoms with Crippen molar-refractivity contribution in [3.05, 3.63) is 53.3 Å². The number of aryl methyl sites for hydroxylation is 1. The van der Waals surface area contributed by atoms with E-state index in [0.29, 0.717) is 18.5 Å². The Morgan fingerprint density at radius 1 is 1.27 bits per heavy atom. The van der Waals surface area contributed by atoms with Crippen molar-refractivity contribution >= 4 is 23.4 Å². The average molecular weight is 410 g/mol. The number of phenols is 1. The number of anilines is 1. The fourth-order valence-electron chi connectivity index (χ4n) is 3.81. The Morgan fingerprint density at radius 3 is 2.67 bits per heavy atom. The molecule has 2 heterocycles. The van der Waals surface area contributed by atoms with Crippen LogP contribution < -0.4 is 11.1 Å². The highest BCUT2D eigenvalue weighted by molar-refractivity contribution is 6.39. The van der Waals surface area contributed by atoms with Crippen LogP contribution in [0, 0.1) is 12.8 Å². The minimum absolute atomic E-state index is 0.135. The number of hydrogen-bond donors (Lipinski definition) is 3. The second-order valence-corrected chi connectivity index (χ2v) is 8.12. The predicted molar refractivity (Wildman–Crippen MR) is 112 cm³/mol. The molecule has 0 radical (unpaired) electrons. The van der Waals surface area contributed by atoms with E-state index >= 15 is 0 Å². The third-order valence-corrected chi connectivity index (χ3v) is 5.75. The zero-order valence-electron chi connectivity index (χ0n) is 17.3. The topological polar surface area (TPSA) is 126 Å². The van der Waals surface area contributed by atoms with Crippen LogP contribution in [0.5, 0.6) is 5.75 Å². The van der Waals surface area contributed by atoms with Crippen molar-refractivity contribution in [2.45, 2.75) is 39.2 Å². The van der Waals surface area contributed by atoms with Gasteiger partial charge in [-0.3, -0.25) is 19.4 Å². The van der Waals surface area contributed by atoms with E-state index in [1.807, 2.05) is 19.9 Å². The molecule has 0 aliphatic carbocycles. The first-order valence-electron chi connectivity index (χ1n) is 9.79. The van der Waals surface area contributed by atoms with Gasteiger partial charge in [-0.2, -0.15) is 0 Å². The van der Waals surface area contributed by atoms with Crippen LogP contribution >= 0.6 is 0 Å². The Morgan fingerprint density at radius 2 is 2.00 bits per heavy atom. The smallest absolute Gasteiger partial charge is 0.313 e. The largest absolute Gasteiger partial charge is 0.508 e. The number of rotatable bonds is 3. The fraction of sp³-hybridized carbons (Fsp3) is 0.364. The summed E-state index contributed by atoms with van der Waals surface area (Å²) in [6, 6.07) is 6.63. The second kappa shape index (κ2) is 8.14. The molecule has 3 rings (SSSR count). The molecular weight excluding hydrogens is 384 g/mol. The maximum absolute atomic E-state index is 13.2. The Balaban J connectivity index is 1.88. The van der Waals surface area contributed by atoms with Crippen molar-refractivity contribution in [3.8, 4) is 5.75 Å². The summed E-state index contributed by atoms with van der Waals surface area (Å²) in [5.41, 5.74) is 6.48. The van der Waals surface area contributed by atoms with Gasteiger partial charge in [-0.1, -0.05) is 19.1 Å². The minimum atomic E-state index is -0.811. The highest BCUT2D eigenvalue weighted by Gasteiger charge is 2.43. The normalized spacial score (nSPS) is 21.2. The number of nitrogens with zero attached hydrogens (tertiary/aromatic N) is 2. The van der Waals surface area contributed by atoms with E-state index < -0.39 is 23.3 Å². The molecule has 4 N–H and O–H groups in total. The van der Waals surface area contributed by atoms with Crippen LogP contribution in [0.3, 0.4) is 0 Å². The average Bonchev–Trinajstić information content (AvgIpc) is 2.71. The number of benzene rings is 1. The zero-order chi connectivity index (χ0) is 22.1. The van der Waals surface area contributed by atoms with Crippen LogP contribution in [0.2, 0.25) is 0 Å². The maximum atomic E-state index is 13.2. The lowest BCUT2D eigenvalue weighted by Crippen LogP contribution is -2.55. The standard InChI is InChI=1S/C22H26N4O4/c1-13-6-7-22(3,16-4-5-18(27)14(2)8-16)26(12-13)21(30)20(29)25-17-9-15(19(23)28)10-24-11-17/h4-5,8-11,13,27H,6-7,12H2,1-3H3,(H2,23,28)(H,25,29)/t13-,22-/m0/s1. The Kier molecular flexibility index (Phi) is 5.78. The molecule has 1 aliphatic heterocycles. The van der Waals surface area contributed by atoms with Gasteiger partial charge in [0, 0.05) is 12.7 Å². The first-order valence-corrected chi connectivity index (χ1v) is 9.79. The van der Waals surface area contributed by atoms with Crippen LogP contribution in [0.4, 0.5) is 5.69 Å². The molecule has 1 fully saturated rings. The molecule has 158 valence electrons. The summed E-state index contributed by atoms with van der Waals surface area (Å²) in [5.74, 6) is -1.73. The maximum Gasteiger partial charge on any atom is 0.313 e. The third kappa shape index (κ3) is 4.12.